The smallest absolute Gasteiger partial charge is 0.213 e. The van der Waals surface area contributed by atoms with Gasteiger partial charge in [0.1, 0.15) is 11.9 Å². The molecule has 0 bridgehead atoms. The molecule has 1 aliphatic rings. The molecule has 0 aliphatic heterocycles. The standard InChI is InChI=1S/C16H16N4O/c1-2-21-15-7-6-13(10-18-15)19-16-12(9-17)8-11-4-3-5-14(11)20-16/h6-8,10H,2-5H2,1H3,(H,19,20). The highest BCUT2D eigenvalue weighted by atomic mass is 16.5. The number of pyridine rings is 2. The average molecular weight is 280 g/mol. The minimum absolute atomic E-state index is 0.574. The summed E-state index contributed by atoms with van der Waals surface area (Å²) in [5, 5.41) is 12.4. The van der Waals surface area contributed by atoms with E-state index in [2.05, 4.69) is 21.4 Å². The van der Waals surface area contributed by atoms with Gasteiger partial charge in [-0.3, -0.25) is 0 Å². The van der Waals surface area contributed by atoms with Crippen molar-refractivity contribution in [2.24, 2.45) is 0 Å². The summed E-state index contributed by atoms with van der Waals surface area (Å²) in [4.78, 5) is 8.78. The van der Waals surface area contributed by atoms with Crippen LogP contribution >= 0.6 is 0 Å². The first-order valence-corrected chi connectivity index (χ1v) is 7.09. The normalized spacial score (nSPS) is 12.6. The van der Waals surface area contributed by atoms with Crippen LogP contribution in [0.5, 0.6) is 5.88 Å². The Hall–Kier alpha value is -2.61. The van der Waals surface area contributed by atoms with Gasteiger partial charge in [0.25, 0.3) is 0 Å². The van der Waals surface area contributed by atoms with E-state index in [1.807, 2.05) is 19.1 Å². The van der Waals surface area contributed by atoms with Gasteiger partial charge in [0.2, 0.25) is 5.88 Å². The first-order valence-electron chi connectivity index (χ1n) is 7.09. The maximum Gasteiger partial charge on any atom is 0.213 e. The summed E-state index contributed by atoms with van der Waals surface area (Å²) in [6, 6.07) is 7.82. The van der Waals surface area contributed by atoms with Crippen molar-refractivity contribution in [3.8, 4) is 11.9 Å². The van der Waals surface area contributed by atoms with Crippen LogP contribution in [-0.4, -0.2) is 16.6 Å². The van der Waals surface area contributed by atoms with Gasteiger partial charge in [-0.2, -0.15) is 5.26 Å². The Morgan fingerprint density at radius 3 is 3.00 bits per heavy atom. The number of aromatic nitrogens is 2. The van der Waals surface area contributed by atoms with Crippen molar-refractivity contribution in [3.63, 3.8) is 0 Å². The lowest BCUT2D eigenvalue weighted by molar-refractivity contribution is 0.327. The van der Waals surface area contributed by atoms with Crippen molar-refractivity contribution in [1.82, 2.24) is 9.97 Å². The summed E-state index contributed by atoms with van der Waals surface area (Å²) in [5.74, 6) is 1.19. The minimum Gasteiger partial charge on any atom is -0.478 e. The van der Waals surface area contributed by atoms with E-state index in [1.54, 1.807) is 12.3 Å². The molecular weight excluding hydrogens is 264 g/mol. The van der Waals surface area contributed by atoms with Gasteiger partial charge in [-0.1, -0.05) is 0 Å². The van der Waals surface area contributed by atoms with Crippen molar-refractivity contribution >= 4 is 11.5 Å². The zero-order valence-electron chi connectivity index (χ0n) is 11.9. The molecule has 2 aromatic heterocycles. The third kappa shape index (κ3) is 2.79. The molecule has 0 radical (unpaired) electrons. The zero-order valence-corrected chi connectivity index (χ0v) is 11.9. The largest absolute Gasteiger partial charge is 0.478 e. The van der Waals surface area contributed by atoms with Gasteiger partial charge in [0, 0.05) is 11.8 Å². The summed E-state index contributed by atoms with van der Waals surface area (Å²) in [6.07, 6.45) is 4.79. The molecular formula is C16H16N4O. The van der Waals surface area contributed by atoms with Crippen LogP contribution in [0.3, 0.4) is 0 Å². The highest BCUT2D eigenvalue weighted by Crippen LogP contribution is 2.26. The number of hydrogen-bond donors (Lipinski definition) is 1. The number of rotatable bonds is 4. The SMILES string of the molecule is CCOc1ccc(Nc2nc3c(cc2C#N)CCC3)cn1. The molecule has 3 rings (SSSR count). The number of fused-ring (bicyclic) bond motifs is 1. The van der Waals surface area contributed by atoms with Crippen molar-refractivity contribution in [1.29, 1.82) is 5.26 Å². The molecule has 0 spiro atoms. The van der Waals surface area contributed by atoms with Crippen LogP contribution in [0.4, 0.5) is 11.5 Å². The number of anilines is 2. The van der Waals surface area contributed by atoms with E-state index in [0.29, 0.717) is 23.9 Å². The van der Waals surface area contributed by atoms with Gasteiger partial charge in [0.05, 0.1) is 24.1 Å². The molecule has 2 aromatic rings. The Balaban J connectivity index is 1.86. The Kier molecular flexibility index (Phi) is 3.69. The molecule has 2 heterocycles. The number of aryl methyl sites for hydroxylation is 2. The van der Waals surface area contributed by atoms with Crippen LogP contribution in [0.25, 0.3) is 0 Å². The molecule has 0 amide bonds. The van der Waals surface area contributed by atoms with E-state index < -0.39 is 0 Å². The number of ether oxygens (including phenoxy) is 1. The summed E-state index contributed by atoms with van der Waals surface area (Å²) in [6.45, 7) is 2.51. The fourth-order valence-corrected chi connectivity index (χ4v) is 2.48. The van der Waals surface area contributed by atoms with Gasteiger partial charge >= 0.3 is 0 Å². The quantitative estimate of drug-likeness (QED) is 0.932. The summed E-state index contributed by atoms with van der Waals surface area (Å²) in [5.41, 5.74) is 3.65. The van der Waals surface area contributed by atoms with Crippen molar-refractivity contribution in [2.75, 3.05) is 11.9 Å². The lowest BCUT2D eigenvalue weighted by atomic mass is 10.1. The van der Waals surface area contributed by atoms with Gasteiger partial charge in [-0.05, 0) is 43.9 Å². The van der Waals surface area contributed by atoms with Gasteiger partial charge in [0.15, 0.2) is 0 Å². The van der Waals surface area contributed by atoms with E-state index in [-0.39, 0.29) is 0 Å². The predicted octanol–water partition coefficient (Wildman–Crippen LogP) is 2.98. The molecule has 1 N–H and O–H groups in total. The first-order chi connectivity index (χ1) is 10.3. The predicted molar refractivity (Wildman–Crippen MR) is 79.7 cm³/mol. The molecule has 0 saturated heterocycles. The summed E-state index contributed by atoms with van der Waals surface area (Å²) in [7, 11) is 0. The second kappa shape index (κ2) is 5.80. The Morgan fingerprint density at radius 1 is 1.38 bits per heavy atom. The average Bonchev–Trinajstić information content (AvgIpc) is 2.96. The van der Waals surface area contributed by atoms with E-state index in [1.165, 1.54) is 5.56 Å². The topological polar surface area (TPSA) is 70.8 Å². The fourth-order valence-electron chi connectivity index (χ4n) is 2.48. The van der Waals surface area contributed by atoms with Crippen LogP contribution in [0.2, 0.25) is 0 Å². The molecule has 0 aromatic carbocycles. The minimum atomic E-state index is 0.574. The molecule has 0 fully saturated rings. The van der Waals surface area contributed by atoms with Crippen molar-refractivity contribution in [3.05, 3.63) is 41.2 Å². The van der Waals surface area contributed by atoms with E-state index in [0.717, 1.165) is 30.6 Å². The second-order valence-electron chi connectivity index (χ2n) is 4.90. The first kappa shape index (κ1) is 13.4. The third-order valence-electron chi connectivity index (χ3n) is 3.46. The van der Waals surface area contributed by atoms with Gasteiger partial charge in [-0.25, -0.2) is 9.97 Å². The van der Waals surface area contributed by atoms with E-state index in [4.69, 9.17) is 4.74 Å². The number of hydrogen-bond acceptors (Lipinski definition) is 5. The third-order valence-corrected chi connectivity index (χ3v) is 3.46. The maximum atomic E-state index is 9.28. The molecule has 5 nitrogen and oxygen atoms in total. The van der Waals surface area contributed by atoms with Crippen molar-refractivity contribution < 1.29 is 4.74 Å². The highest BCUT2D eigenvalue weighted by Gasteiger charge is 2.16. The van der Waals surface area contributed by atoms with Crippen molar-refractivity contribution in [2.45, 2.75) is 26.2 Å². The van der Waals surface area contributed by atoms with E-state index in [9.17, 15) is 5.26 Å². The van der Waals surface area contributed by atoms with E-state index >= 15 is 0 Å². The maximum absolute atomic E-state index is 9.28. The summed E-state index contributed by atoms with van der Waals surface area (Å²) < 4.78 is 5.31. The Labute approximate surface area is 123 Å². The molecule has 0 atom stereocenters. The Bertz CT molecular complexity index is 689. The van der Waals surface area contributed by atoms with Crippen LogP contribution in [0.15, 0.2) is 24.4 Å². The number of nitrogens with zero attached hydrogens (tertiary/aromatic N) is 3. The van der Waals surface area contributed by atoms with Gasteiger partial charge in [-0.15, -0.1) is 0 Å². The fraction of sp³-hybridized carbons (Fsp3) is 0.312. The zero-order chi connectivity index (χ0) is 14.7. The van der Waals surface area contributed by atoms with Crippen LogP contribution < -0.4 is 10.1 Å². The Morgan fingerprint density at radius 2 is 2.29 bits per heavy atom. The molecule has 0 unspecified atom stereocenters. The van der Waals surface area contributed by atoms with Crippen LogP contribution in [0, 0.1) is 11.3 Å². The second-order valence-corrected chi connectivity index (χ2v) is 4.90. The highest BCUT2D eigenvalue weighted by molar-refractivity contribution is 5.63. The molecule has 21 heavy (non-hydrogen) atoms. The molecule has 5 heteroatoms. The van der Waals surface area contributed by atoms with Gasteiger partial charge < -0.3 is 10.1 Å². The number of nitrogens with one attached hydrogen (secondary N) is 1. The molecule has 106 valence electrons. The van der Waals surface area contributed by atoms with Crippen LogP contribution in [0.1, 0.15) is 30.2 Å². The molecule has 0 saturated carbocycles. The lowest BCUT2D eigenvalue weighted by Gasteiger charge is -2.10. The molecule has 1 aliphatic carbocycles. The lowest BCUT2D eigenvalue weighted by Crippen LogP contribution is -2.01. The monoisotopic (exact) mass is 280 g/mol. The van der Waals surface area contributed by atoms with Crippen LogP contribution in [-0.2, 0) is 12.8 Å². The summed E-state index contributed by atoms with van der Waals surface area (Å²) >= 11 is 0. The number of nitriles is 1.